The minimum atomic E-state index is -1.21. The van der Waals surface area contributed by atoms with Gasteiger partial charge >= 0.3 is 17.9 Å². The molecule has 0 heterocycles. The Bertz CT molecular complexity index is 629. The molecule has 0 aromatic heterocycles. The minimum absolute atomic E-state index is 0.120. The number of rotatable bonds is 8. The van der Waals surface area contributed by atoms with E-state index in [1.54, 1.807) is 19.1 Å². The number of carbonyl (C=O) groups is 3. The normalized spacial score (nSPS) is 13.1. The summed E-state index contributed by atoms with van der Waals surface area (Å²) in [4.78, 5) is 40.1. The lowest BCUT2D eigenvalue weighted by Crippen LogP contribution is -2.37. The molecule has 136 valence electrons. The van der Waals surface area contributed by atoms with Crippen molar-refractivity contribution in [1.82, 2.24) is 0 Å². The summed E-state index contributed by atoms with van der Waals surface area (Å²) in [5.74, 6) is -3.24. The number of hydrogen-bond donors (Lipinski definition) is 0. The molecule has 0 aliphatic carbocycles. The molecule has 0 aliphatic heterocycles. The number of methoxy groups -OCH3 is 2. The Kier molecular flexibility index (Phi) is 8.83. The lowest BCUT2D eigenvalue weighted by atomic mass is 9.96. The third-order valence-electron chi connectivity index (χ3n) is 3.28. The molecular formula is C17H20BrNO6. The van der Waals surface area contributed by atoms with Crippen molar-refractivity contribution >= 4 is 40.1 Å². The fourth-order valence-electron chi connectivity index (χ4n) is 2.01. The fraction of sp³-hybridized carbons (Fsp3) is 0.412. The highest BCUT2D eigenvalue weighted by atomic mass is 79.9. The van der Waals surface area contributed by atoms with Crippen LogP contribution in [0, 0.1) is 5.92 Å². The average Bonchev–Trinajstić information content (AvgIpc) is 2.61. The van der Waals surface area contributed by atoms with Gasteiger partial charge < -0.3 is 14.2 Å². The predicted molar refractivity (Wildman–Crippen MR) is 94.3 cm³/mol. The summed E-state index contributed by atoms with van der Waals surface area (Å²) in [6.45, 7) is 1.76. The molecule has 25 heavy (non-hydrogen) atoms. The van der Waals surface area contributed by atoms with Crippen LogP contribution in [-0.2, 0) is 28.6 Å². The first-order valence-electron chi connectivity index (χ1n) is 7.52. The van der Waals surface area contributed by atoms with Crippen molar-refractivity contribution in [2.75, 3.05) is 20.8 Å². The maximum Gasteiger partial charge on any atom is 0.331 e. The van der Waals surface area contributed by atoms with Crippen molar-refractivity contribution in [3.8, 4) is 0 Å². The Morgan fingerprint density at radius 1 is 1.12 bits per heavy atom. The van der Waals surface area contributed by atoms with Gasteiger partial charge in [-0.2, -0.15) is 0 Å². The van der Waals surface area contributed by atoms with Gasteiger partial charge in [0.15, 0.2) is 6.04 Å². The van der Waals surface area contributed by atoms with Crippen molar-refractivity contribution in [2.24, 2.45) is 10.9 Å². The number of benzene rings is 1. The molecule has 1 rings (SSSR count). The minimum Gasteiger partial charge on any atom is -0.469 e. The zero-order chi connectivity index (χ0) is 18.8. The molecule has 0 bridgehead atoms. The molecule has 0 aliphatic rings. The number of aliphatic imine (C=N–C) groups is 1. The summed E-state index contributed by atoms with van der Waals surface area (Å²) >= 11 is 3.32. The van der Waals surface area contributed by atoms with Crippen molar-refractivity contribution < 1.29 is 28.6 Å². The van der Waals surface area contributed by atoms with Crippen molar-refractivity contribution in [3.63, 3.8) is 0 Å². The van der Waals surface area contributed by atoms with Crippen molar-refractivity contribution in [3.05, 3.63) is 34.3 Å². The van der Waals surface area contributed by atoms with Crippen LogP contribution in [-0.4, -0.2) is 51.0 Å². The maximum absolute atomic E-state index is 12.2. The first kappa shape index (κ1) is 20.8. The van der Waals surface area contributed by atoms with E-state index in [1.807, 2.05) is 12.1 Å². The quantitative estimate of drug-likeness (QED) is 0.368. The molecule has 8 heteroatoms. The van der Waals surface area contributed by atoms with Crippen LogP contribution < -0.4 is 0 Å². The Labute approximate surface area is 154 Å². The predicted octanol–water partition coefficient (Wildman–Crippen LogP) is 2.15. The van der Waals surface area contributed by atoms with E-state index in [9.17, 15) is 14.4 Å². The van der Waals surface area contributed by atoms with Gasteiger partial charge in [0.1, 0.15) is 5.92 Å². The standard InChI is InChI=1S/C17H20BrNO6/c1-4-25-17(22)15(13(16(21)24-3)9-14(20)23-2)19-10-11-5-7-12(18)8-6-11/h5-8,10,13,15H,4,9H2,1-3H3. The summed E-state index contributed by atoms with van der Waals surface area (Å²) in [5, 5.41) is 0. The summed E-state index contributed by atoms with van der Waals surface area (Å²) in [7, 11) is 2.37. The van der Waals surface area contributed by atoms with Gasteiger partial charge in [-0.1, -0.05) is 28.1 Å². The third kappa shape index (κ3) is 6.66. The summed E-state index contributed by atoms with van der Waals surface area (Å²) < 4.78 is 15.2. The van der Waals surface area contributed by atoms with Gasteiger partial charge in [0.25, 0.3) is 0 Å². The highest BCUT2D eigenvalue weighted by Gasteiger charge is 2.37. The van der Waals surface area contributed by atoms with E-state index in [4.69, 9.17) is 9.47 Å². The number of nitrogens with zero attached hydrogens (tertiary/aromatic N) is 1. The van der Waals surface area contributed by atoms with Crippen molar-refractivity contribution in [1.29, 1.82) is 0 Å². The van der Waals surface area contributed by atoms with E-state index >= 15 is 0 Å². The van der Waals surface area contributed by atoms with Crippen LogP contribution in [0.1, 0.15) is 18.9 Å². The van der Waals surface area contributed by atoms with Crippen LogP contribution in [0.4, 0.5) is 0 Å². The third-order valence-corrected chi connectivity index (χ3v) is 3.81. The van der Waals surface area contributed by atoms with Gasteiger partial charge in [0.2, 0.25) is 0 Å². The molecule has 1 aromatic carbocycles. The lowest BCUT2D eigenvalue weighted by molar-refractivity contribution is -0.158. The zero-order valence-corrected chi connectivity index (χ0v) is 15.8. The van der Waals surface area contributed by atoms with Gasteiger partial charge in [-0.15, -0.1) is 0 Å². The first-order valence-corrected chi connectivity index (χ1v) is 8.32. The van der Waals surface area contributed by atoms with Crippen LogP contribution in [0.5, 0.6) is 0 Å². The van der Waals surface area contributed by atoms with E-state index in [1.165, 1.54) is 20.4 Å². The SMILES string of the molecule is CCOC(=O)C(N=Cc1ccc(Br)cc1)C(CC(=O)OC)C(=O)OC. The van der Waals surface area contributed by atoms with Crippen molar-refractivity contribution in [2.45, 2.75) is 19.4 Å². The highest BCUT2D eigenvalue weighted by molar-refractivity contribution is 9.10. The van der Waals surface area contributed by atoms with Crippen LogP contribution >= 0.6 is 15.9 Å². The van der Waals surface area contributed by atoms with E-state index < -0.39 is 29.9 Å². The van der Waals surface area contributed by atoms with Crippen LogP contribution in [0.15, 0.2) is 33.7 Å². The van der Waals surface area contributed by atoms with Crippen LogP contribution in [0.25, 0.3) is 0 Å². The molecule has 2 unspecified atom stereocenters. The fourth-order valence-corrected chi connectivity index (χ4v) is 2.27. The number of ether oxygens (including phenoxy) is 3. The lowest BCUT2D eigenvalue weighted by Gasteiger charge is -2.19. The molecule has 0 saturated heterocycles. The Balaban J connectivity index is 3.13. The maximum atomic E-state index is 12.2. The van der Waals surface area contributed by atoms with Gasteiger partial charge in [-0.25, -0.2) is 4.79 Å². The second-order valence-electron chi connectivity index (χ2n) is 4.94. The molecule has 1 aromatic rings. The van der Waals surface area contributed by atoms with Crippen LogP contribution in [0.2, 0.25) is 0 Å². The molecular weight excluding hydrogens is 394 g/mol. The number of halogens is 1. The largest absolute Gasteiger partial charge is 0.469 e. The molecule has 0 amide bonds. The van der Waals surface area contributed by atoms with Gasteiger partial charge in [0.05, 0.1) is 27.2 Å². The van der Waals surface area contributed by atoms with Crippen LogP contribution in [0.3, 0.4) is 0 Å². The molecule has 0 radical (unpaired) electrons. The first-order chi connectivity index (χ1) is 11.9. The Hall–Kier alpha value is -2.22. The molecule has 0 spiro atoms. The smallest absolute Gasteiger partial charge is 0.331 e. The molecule has 2 atom stereocenters. The molecule has 7 nitrogen and oxygen atoms in total. The van der Waals surface area contributed by atoms with Gasteiger partial charge in [-0.3, -0.25) is 14.6 Å². The summed E-state index contributed by atoms with van der Waals surface area (Å²) in [6.07, 6.45) is 1.10. The van der Waals surface area contributed by atoms with E-state index in [0.29, 0.717) is 0 Å². The average molecular weight is 414 g/mol. The number of esters is 3. The zero-order valence-electron chi connectivity index (χ0n) is 14.2. The summed E-state index contributed by atoms with van der Waals surface area (Å²) in [5.41, 5.74) is 0.721. The van der Waals surface area contributed by atoms with E-state index in [0.717, 1.165) is 10.0 Å². The monoisotopic (exact) mass is 413 g/mol. The Morgan fingerprint density at radius 3 is 2.28 bits per heavy atom. The van der Waals surface area contributed by atoms with Gasteiger partial charge in [-0.05, 0) is 24.6 Å². The second kappa shape index (κ2) is 10.6. The molecule has 0 fully saturated rings. The van der Waals surface area contributed by atoms with Gasteiger partial charge in [0, 0.05) is 10.7 Å². The molecule has 0 N–H and O–H groups in total. The summed E-state index contributed by atoms with van der Waals surface area (Å²) in [6, 6.07) is 5.97. The highest BCUT2D eigenvalue weighted by Crippen LogP contribution is 2.18. The molecule has 0 saturated carbocycles. The second-order valence-corrected chi connectivity index (χ2v) is 5.85. The van der Waals surface area contributed by atoms with E-state index in [2.05, 4.69) is 25.7 Å². The Morgan fingerprint density at radius 2 is 1.76 bits per heavy atom. The topological polar surface area (TPSA) is 91.3 Å². The van der Waals surface area contributed by atoms with E-state index in [-0.39, 0.29) is 13.0 Å². The number of hydrogen-bond acceptors (Lipinski definition) is 7. The number of carbonyl (C=O) groups excluding carboxylic acids is 3.